The van der Waals surface area contributed by atoms with Crippen LogP contribution >= 0.6 is 0 Å². The summed E-state index contributed by atoms with van der Waals surface area (Å²) in [5.41, 5.74) is 1.85. The molecule has 0 fully saturated rings. The summed E-state index contributed by atoms with van der Waals surface area (Å²) in [5, 5.41) is 5.54. The summed E-state index contributed by atoms with van der Waals surface area (Å²) in [6.07, 6.45) is 0. The number of carbonyl (C=O) groups is 2. The fraction of sp³-hybridized carbons (Fsp3) is 0.357. The average Bonchev–Trinajstić information content (AvgIpc) is 2.43. The van der Waals surface area contributed by atoms with Crippen molar-refractivity contribution in [2.75, 3.05) is 6.54 Å². The maximum Gasteiger partial charge on any atom is 0.287 e. The van der Waals surface area contributed by atoms with Gasteiger partial charge in [0.15, 0.2) is 11.6 Å². The highest BCUT2D eigenvalue weighted by molar-refractivity contribution is 6.38. The van der Waals surface area contributed by atoms with Gasteiger partial charge in [0.1, 0.15) is 0 Å². The minimum Gasteiger partial charge on any atom is -0.361 e. The predicted octanol–water partition coefficient (Wildman–Crippen LogP) is 1.16. The maximum atomic E-state index is 11.9. The van der Waals surface area contributed by atoms with Gasteiger partial charge in [0.25, 0.3) is 5.91 Å². The third-order valence-corrected chi connectivity index (χ3v) is 2.95. The first kappa shape index (κ1) is 13.3. The molecule has 0 saturated heterocycles. The van der Waals surface area contributed by atoms with E-state index in [2.05, 4.69) is 15.6 Å². The van der Waals surface area contributed by atoms with E-state index >= 15 is 0 Å². The van der Waals surface area contributed by atoms with Crippen molar-refractivity contribution >= 4 is 23.2 Å². The van der Waals surface area contributed by atoms with Crippen LogP contribution in [0, 0.1) is 5.92 Å². The summed E-state index contributed by atoms with van der Waals surface area (Å²) in [6, 6.07) is 7.64. The Hall–Kier alpha value is -2.17. The van der Waals surface area contributed by atoms with Crippen LogP contribution in [0.2, 0.25) is 0 Å². The van der Waals surface area contributed by atoms with Crippen molar-refractivity contribution in [3.63, 3.8) is 0 Å². The molecule has 0 radical (unpaired) electrons. The minimum absolute atomic E-state index is 0.00478. The van der Waals surface area contributed by atoms with Crippen LogP contribution in [0.25, 0.3) is 0 Å². The van der Waals surface area contributed by atoms with Crippen molar-refractivity contribution in [3.8, 4) is 0 Å². The molecule has 1 aliphatic heterocycles. The first-order valence-corrected chi connectivity index (χ1v) is 6.29. The Labute approximate surface area is 112 Å². The number of benzene rings is 1. The second-order valence-corrected chi connectivity index (χ2v) is 4.75. The molecule has 0 saturated carbocycles. The van der Waals surface area contributed by atoms with Gasteiger partial charge >= 0.3 is 0 Å². The minimum atomic E-state index is -0.344. The van der Waals surface area contributed by atoms with Crippen molar-refractivity contribution in [1.29, 1.82) is 0 Å². The van der Waals surface area contributed by atoms with Crippen LogP contribution in [0.3, 0.4) is 0 Å². The summed E-state index contributed by atoms with van der Waals surface area (Å²) in [5.74, 6) is -0.161. The second kappa shape index (κ2) is 5.65. The van der Waals surface area contributed by atoms with Gasteiger partial charge in [-0.15, -0.1) is 0 Å². The van der Waals surface area contributed by atoms with Gasteiger partial charge in [-0.1, -0.05) is 32.0 Å². The van der Waals surface area contributed by atoms with E-state index in [0.717, 1.165) is 11.3 Å². The average molecular weight is 259 g/mol. The quantitative estimate of drug-likeness (QED) is 0.852. The van der Waals surface area contributed by atoms with Crippen LogP contribution < -0.4 is 10.6 Å². The summed E-state index contributed by atoms with van der Waals surface area (Å²) >= 11 is 0. The molecule has 2 rings (SSSR count). The summed E-state index contributed by atoms with van der Waals surface area (Å²) in [4.78, 5) is 27.6. The molecule has 5 heteroatoms. The second-order valence-electron chi connectivity index (χ2n) is 4.75. The van der Waals surface area contributed by atoms with Crippen LogP contribution in [0.15, 0.2) is 29.3 Å². The number of carbonyl (C=O) groups excluding carboxylic acids is 2. The van der Waals surface area contributed by atoms with Gasteiger partial charge in [-0.05, 0) is 11.6 Å². The Morgan fingerprint density at radius 3 is 2.84 bits per heavy atom. The molecule has 1 aromatic rings. The number of para-hydroxylation sites is 1. The molecule has 0 bridgehead atoms. The molecule has 100 valence electrons. The van der Waals surface area contributed by atoms with Crippen molar-refractivity contribution < 1.29 is 9.59 Å². The lowest BCUT2D eigenvalue weighted by atomic mass is 10.1. The van der Waals surface area contributed by atoms with Gasteiger partial charge in [0.05, 0.1) is 12.2 Å². The van der Waals surface area contributed by atoms with E-state index < -0.39 is 0 Å². The highest BCUT2D eigenvalue weighted by Gasteiger charge is 2.18. The van der Waals surface area contributed by atoms with E-state index in [1.165, 1.54) is 0 Å². The van der Waals surface area contributed by atoms with E-state index in [1.54, 1.807) is 13.8 Å². The molecule has 1 heterocycles. The number of fused-ring (bicyclic) bond motifs is 1. The van der Waals surface area contributed by atoms with Gasteiger partial charge < -0.3 is 10.6 Å². The number of aliphatic imine (C=N–C) groups is 1. The number of nitrogens with zero attached hydrogens (tertiary/aromatic N) is 1. The van der Waals surface area contributed by atoms with Crippen LogP contribution in [0.5, 0.6) is 0 Å². The lowest BCUT2D eigenvalue weighted by molar-refractivity contribution is -0.124. The molecule has 5 nitrogen and oxygen atoms in total. The third-order valence-electron chi connectivity index (χ3n) is 2.95. The number of Topliss-reactive ketones (excluding diaryl/α,β-unsaturated/α-hetero) is 1. The van der Waals surface area contributed by atoms with E-state index in [-0.39, 0.29) is 30.0 Å². The molecule has 0 atom stereocenters. The van der Waals surface area contributed by atoms with Gasteiger partial charge in [0.2, 0.25) is 0 Å². The third kappa shape index (κ3) is 3.19. The molecular weight excluding hydrogens is 242 g/mol. The Balaban J connectivity index is 2.02. The highest BCUT2D eigenvalue weighted by atomic mass is 16.2. The fourth-order valence-electron chi connectivity index (χ4n) is 1.69. The topological polar surface area (TPSA) is 70.6 Å². The number of amidine groups is 1. The zero-order chi connectivity index (χ0) is 13.8. The van der Waals surface area contributed by atoms with Gasteiger partial charge in [-0.25, -0.2) is 4.99 Å². The molecule has 1 aliphatic rings. The first-order chi connectivity index (χ1) is 9.08. The molecule has 19 heavy (non-hydrogen) atoms. The zero-order valence-corrected chi connectivity index (χ0v) is 11.1. The molecule has 0 aromatic heterocycles. The summed E-state index contributed by atoms with van der Waals surface area (Å²) < 4.78 is 0. The van der Waals surface area contributed by atoms with Crippen LogP contribution in [0.1, 0.15) is 19.4 Å². The monoisotopic (exact) mass is 259 g/mol. The largest absolute Gasteiger partial charge is 0.361 e. The molecule has 0 unspecified atom stereocenters. The lowest BCUT2D eigenvalue weighted by Crippen LogP contribution is -2.43. The van der Waals surface area contributed by atoms with Crippen LogP contribution in [-0.4, -0.2) is 24.1 Å². The van der Waals surface area contributed by atoms with Crippen molar-refractivity contribution in [2.45, 2.75) is 20.4 Å². The van der Waals surface area contributed by atoms with Crippen LogP contribution in [-0.2, 0) is 16.1 Å². The van der Waals surface area contributed by atoms with E-state index in [9.17, 15) is 9.59 Å². The number of nitrogens with one attached hydrogen (secondary N) is 2. The van der Waals surface area contributed by atoms with Gasteiger partial charge in [-0.3, -0.25) is 9.59 Å². The Bertz CT molecular complexity index is 535. The van der Waals surface area contributed by atoms with E-state index in [4.69, 9.17) is 0 Å². The predicted molar refractivity (Wildman–Crippen MR) is 73.2 cm³/mol. The molecule has 1 aromatic carbocycles. The number of hydrogen-bond donors (Lipinski definition) is 2. The Morgan fingerprint density at radius 2 is 2.11 bits per heavy atom. The molecular formula is C14H17N3O2. The van der Waals surface area contributed by atoms with Crippen molar-refractivity contribution in [2.24, 2.45) is 10.9 Å². The fourth-order valence-corrected chi connectivity index (χ4v) is 1.69. The van der Waals surface area contributed by atoms with E-state index in [1.807, 2.05) is 24.3 Å². The highest BCUT2D eigenvalue weighted by Crippen LogP contribution is 2.21. The summed E-state index contributed by atoms with van der Waals surface area (Å²) in [6.45, 7) is 4.22. The van der Waals surface area contributed by atoms with Gasteiger partial charge in [-0.2, -0.15) is 0 Å². The maximum absolute atomic E-state index is 11.9. The smallest absolute Gasteiger partial charge is 0.287 e. The molecule has 0 aliphatic carbocycles. The van der Waals surface area contributed by atoms with Crippen molar-refractivity contribution in [1.82, 2.24) is 10.6 Å². The Morgan fingerprint density at radius 1 is 1.37 bits per heavy atom. The molecule has 2 N–H and O–H groups in total. The van der Waals surface area contributed by atoms with Crippen molar-refractivity contribution in [3.05, 3.63) is 29.8 Å². The van der Waals surface area contributed by atoms with E-state index in [0.29, 0.717) is 6.54 Å². The molecule has 1 amide bonds. The Kier molecular flexibility index (Phi) is 3.94. The first-order valence-electron chi connectivity index (χ1n) is 6.29. The number of amides is 1. The number of rotatable bonds is 4. The zero-order valence-electron chi connectivity index (χ0n) is 11.1. The number of hydrogen-bond acceptors (Lipinski definition) is 4. The number of ketones is 1. The normalized spacial score (nSPS) is 13.3. The van der Waals surface area contributed by atoms with Crippen LogP contribution in [0.4, 0.5) is 5.69 Å². The lowest BCUT2D eigenvalue weighted by Gasteiger charge is -2.17. The van der Waals surface area contributed by atoms with Gasteiger partial charge in [0, 0.05) is 12.5 Å². The summed E-state index contributed by atoms with van der Waals surface area (Å²) in [7, 11) is 0. The standard InChI is InChI=1S/C14H17N3O2/c1-9(2)12(18)8-16-14(19)13-15-7-10-5-3-4-6-11(10)17-13/h3-6,9H,7-8H2,1-2H3,(H,15,17)(H,16,19). The SMILES string of the molecule is CC(C)C(=O)CNC(=O)C1=Nc2ccccc2CN1. The molecule has 0 spiro atoms.